The number of fused-ring (bicyclic) bond motifs is 1. The minimum Gasteiger partial charge on any atom is -0.396 e. The highest BCUT2D eigenvalue weighted by Gasteiger charge is 2.22. The molecule has 34 heavy (non-hydrogen) atoms. The molecule has 2 heterocycles. The molecular formula is C24H27N5O5. The maximum Gasteiger partial charge on any atom is 0.257 e. The molecule has 1 aliphatic rings. The molecule has 1 fully saturated rings. The number of aliphatic hydroxyl groups excluding tert-OH is 1. The Labute approximate surface area is 196 Å². The number of aromatic nitrogens is 2. The average molecular weight is 466 g/mol. The number of aryl methyl sites for hydroxylation is 1. The Kier molecular flexibility index (Phi) is 7.19. The highest BCUT2D eigenvalue weighted by molar-refractivity contribution is 6.04. The number of morpholine rings is 1. The van der Waals surface area contributed by atoms with Gasteiger partial charge in [0.1, 0.15) is 6.61 Å². The fourth-order valence-corrected chi connectivity index (χ4v) is 3.85. The van der Waals surface area contributed by atoms with Crippen molar-refractivity contribution in [2.75, 3.05) is 36.6 Å². The molecule has 0 spiro atoms. The van der Waals surface area contributed by atoms with Crippen molar-refractivity contribution in [3.63, 3.8) is 0 Å². The van der Waals surface area contributed by atoms with Gasteiger partial charge in [-0.3, -0.25) is 19.7 Å². The molecule has 0 saturated carbocycles. The number of benzene rings is 2. The molecule has 0 atom stereocenters. The summed E-state index contributed by atoms with van der Waals surface area (Å²) in [4.78, 5) is 42.7. The topological polar surface area (TPSA) is 126 Å². The van der Waals surface area contributed by atoms with Gasteiger partial charge in [-0.25, -0.2) is 4.98 Å². The lowest BCUT2D eigenvalue weighted by molar-refractivity contribution is -0.125. The van der Waals surface area contributed by atoms with E-state index in [1.165, 1.54) is 6.92 Å². The Hall–Kier alpha value is -3.76. The standard InChI is InChI=1S/C24H27N5O5/c1-16(31)25-14-17-4-2-5-18(12-17)23(33)27-24-26-20-13-19(28-9-11-34-15-22(28)32)6-7-21(20)29(24)8-3-10-30/h2,4-7,12-13,30H,3,8-11,14-15H2,1H3,(H,25,31)(H,26,27,33). The molecule has 10 heteroatoms. The summed E-state index contributed by atoms with van der Waals surface area (Å²) in [7, 11) is 0. The summed E-state index contributed by atoms with van der Waals surface area (Å²) in [6.07, 6.45) is 0.490. The number of imidazole rings is 1. The highest BCUT2D eigenvalue weighted by Crippen LogP contribution is 2.26. The maximum absolute atomic E-state index is 13.0. The number of nitrogens with one attached hydrogen (secondary N) is 2. The molecule has 0 radical (unpaired) electrons. The lowest BCUT2D eigenvalue weighted by Gasteiger charge is -2.26. The van der Waals surface area contributed by atoms with Gasteiger partial charge in [-0.05, 0) is 42.3 Å². The number of rotatable bonds is 8. The normalized spacial score (nSPS) is 13.8. The van der Waals surface area contributed by atoms with Crippen LogP contribution in [-0.2, 0) is 27.4 Å². The molecule has 1 saturated heterocycles. The van der Waals surface area contributed by atoms with Crippen LogP contribution in [0.4, 0.5) is 11.6 Å². The van der Waals surface area contributed by atoms with E-state index in [9.17, 15) is 19.5 Å². The van der Waals surface area contributed by atoms with Crippen LogP contribution in [0.25, 0.3) is 11.0 Å². The van der Waals surface area contributed by atoms with Gasteiger partial charge >= 0.3 is 0 Å². The van der Waals surface area contributed by atoms with Crippen molar-refractivity contribution in [1.82, 2.24) is 14.9 Å². The lowest BCUT2D eigenvalue weighted by atomic mass is 10.1. The van der Waals surface area contributed by atoms with Gasteiger partial charge in [-0.1, -0.05) is 12.1 Å². The van der Waals surface area contributed by atoms with Crippen molar-refractivity contribution < 1.29 is 24.2 Å². The lowest BCUT2D eigenvalue weighted by Crippen LogP contribution is -2.41. The number of hydrogen-bond donors (Lipinski definition) is 3. The smallest absolute Gasteiger partial charge is 0.257 e. The van der Waals surface area contributed by atoms with Crippen LogP contribution in [0.2, 0.25) is 0 Å². The molecule has 0 bridgehead atoms. The third-order valence-corrected chi connectivity index (χ3v) is 5.53. The first kappa shape index (κ1) is 23.4. The molecule has 178 valence electrons. The molecule has 1 aromatic heterocycles. The number of amides is 3. The van der Waals surface area contributed by atoms with Gasteiger partial charge in [0.25, 0.3) is 11.8 Å². The zero-order chi connectivity index (χ0) is 24.1. The molecule has 1 aliphatic heterocycles. The molecule has 0 aliphatic carbocycles. The van der Waals surface area contributed by atoms with Gasteiger partial charge in [0.15, 0.2) is 0 Å². The average Bonchev–Trinajstić information content (AvgIpc) is 3.17. The van der Waals surface area contributed by atoms with Crippen LogP contribution in [0, 0.1) is 0 Å². The van der Waals surface area contributed by atoms with E-state index in [-0.39, 0.29) is 30.9 Å². The predicted octanol–water partition coefficient (Wildman–Crippen LogP) is 1.67. The van der Waals surface area contributed by atoms with Crippen LogP contribution in [-0.4, -0.2) is 58.7 Å². The zero-order valence-corrected chi connectivity index (χ0v) is 18.9. The van der Waals surface area contributed by atoms with Gasteiger partial charge in [0.2, 0.25) is 11.9 Å². The van der Waals surface area contributed by atoms with Gasteiger partial charge in [0, 0.05) is 44.4 Å². The van der Waals surface area contributed by atoms with E-state index < -0.39 is 0 Å². The first-order valence-corrected chi connectivity index (χ1v) is 11.1. The summed E-state index contributed by atoms with van der Waals surface area (Å²) in [6, 6.07) is 12.5. The second-order valence-electron chi connectivity index (χ2n) is 8.00. The second-order valence-corrected chi connectivity index (χ2v) is 8.00. The number of carbonyl (C=O) groups is 3. The van der Waals surface area contributed by atoms with Gasteiger partial charge in [0.05, 0.1) is 17.6 Å². The minimum absolute atomic E-state index is 0.00137. The number of anilines is 2. The molecule has 3 aromatic rings. The van der Waals surface area contributed by atoms with Gasteiger partial charge in [-0.15, -0.1) is 0 Å². The Morgan fingerprint density at radius 1 is 1.21 bits per heavy atom. The van der Waals surface area contributed by atoms with E-state index in [1.54, 1.807) is 23.1 Å². The van der Waals surface area contributed by atoms with E-state index in [0.717, 1.165) is 16.8 Å². The maximum atomic E-state index is 13.0. The molecule has 3 amide bonds. The van der Waals surface area contributed by atoms with Crippen LogP contribution < -0.4 is 15.5 Å². The van der Waals surface area contributed by atoms with E-state index in [1.807, 2.05) is 28.8 Å². The fourth-order valence-electron chi connectivity index (χ4n) is 3.85. The molecule has 4 rings (SSSR count). The van der Waals surface area contributed by atoms with E-state index in [4.69, 9.17) is 4.74 Å². The molecular weight excluding hydrogens is 438 g/mol. The number of aliphatic hydroxyl groups is 1. The highest BCUT2D eigenvalue weighted by atomic mass is 16.5. The van der Waals surface area contributed by atoms with Crippen LogP contribution in [0.5, 0.6) is 0 Å². The third-order valence-electron chi connectivity index (χ3n) is 5.53. The van der Waals surface area contributed by atoms with E-state index in [2.05, 4.69) is 15.6 Å². The van der Waals surface area contributed by atoms with Gasteiger partial charge in [-0.2, -0.15) is 0 Å². The van der Waals surface area contributed by atoms with Crippen LogP contribution >= 0.6 is 0 Å². The number of hydrogen-bond acceptors (Lipinski definition) is 6. The van der Waals surface area contributed by atoms with Crippen LogP contribution in [0.3, 0.4) is 0 Å². The van der Waals surface area contributed by atoms with E-state index >= 15 is 0 Å². The Morgan fingerprint density at radius 3 is 2.82 bits per heavy atom. The van der Waals surface area contributed by atoms with Crippen LogP contribution in [0.1, 0.15) is 29.3 Å². The molecule has 10 nitrogen and oxygen atoms in total. The predicted molar refractivity (Wildman–Crippen MR) is 127 cm³/mol. The third kappa shape index (κ3) is 5.24. The number of nitrogens with zero attached hydrogens (tertiary/aromatic N) is 3. The molecule has 3 N–H and O–H groups in total. The first-order valence-electron chi connectivity index (χ1n) is 11.1. The van der Waals surface area contributed by atoms with Crippen molar-refractivity contribution in [2.45, 2.75) is 26.4 Å². The van der Waals surface area contributed by atoms with Gasteiger partial charge < -0.3 is 24.6 Å². The van der Waals surface area contributed by atoms with E-state index in [0.29, 0.717) is 49.7 Å². The SMILES string of the molecule is CC(=O)NCc1cccc(C(=O)Nc2nc3cc(N4CCOCC4=O)ccc3n2CCCO)c1. The Balaban J connectivity index is 1.61. The van der Waals surface area contributed by atoms with Crippen molar-refractivity contribution in [1.29, 1.82) is 0 Å². The summed E-state index contributed by atoms with van der Waals surface area (Å²) in [5.74, 6) is -0.247. The quantitative estimate of drug-likeness (QED) is 0.465. The Morgan fingerprint density at radius 2 is 2.06 bits per heavy atom. The second kappa shape index (κ2) is 10.4. The summed E-state index contributed by atoms with van der Waals surface area (Å²) >= 11 is 0. The van der Waals surface area contributed by atoms with Crippen LogP contribution in [0.15, 0.2) is 42.5 Å². The number of ether oxygens (including phenoxy) is 1. The van der Waals surface area contributed by atoms with Crippen molar-refractivity contribution >= 4 is 40.4 Å². The molecule has 0 unspecified atom stereocenters. The van der Waals surface area contributed by atoms with Crippen molar-refractivity contribution in [3.05, 3.63) is 53.6 Å². The number of carbonyl (C=O) groups excluding carboxylic acids is 3. The largest absolute Gasteiger partial charge is 0.396 e. The summed E-state index contributed by atoms with van der Waals surface area (Å²) in [5, 5.41) is 14.9. The van der Waals surface area contributed by atoms with Crippen molar-refractivity contribution in [2.24, 2.45) is 0 Å². The molecule has 2 aromatic carbocycles. The minimum atomic E-state index is -0.339. The first-order chi connectivity index (χ1) is 16.5. The summed E-state index contributed by atoms with van der Waals surface area (Å²) in [6.45, 7) is 3.21. The zero-order valence-electron chi connectivity index (χ0n) is 18.9. The monoisotopic (exact) mass is 465 g/mol. The summed E-state index contributed by atoms with van der Waals surface area (Å²) < 4.78 is 7.05. The van der Waals surface area contributed by atoms with Crippen molar-refractivity contribution in [3.8, 4) is 0 Å². The summed E-state index contributed by atoms with van der Waals surface area (Å²) in [5.41, 5.74) is 3.37. The Bertz CT molecular complexity index is 1220. The fraction of sp³-hybridized carbons (Fsp3) is 0.333.